The molecule has 0 spiro atoms. The Hall–Kier alpha value is -1.79. The summed E-state index contributed by atoms with van der Waals surface area (Å²) in [5.74, 6) is 0.853. The Morgan fingerprint density at radius 2 is 2.08 bits per heavy atom. The zero-order chi connectivity index (χ0) is 18.4. The molecule has 0 aromatic heterocycles. The van der Waals surface area contributed by atoms with Gasteiger partial charge in [0.05, 0.1) is 19.3 Å². The number of aliphatic hydroxyl groups excluding tert-OH is 1. The van der Waals surface area contributed by atoms with Gasteiger partial charge in [-0.3, -0.25) is 0 Å². The van der Waals surface area contributed by atoms with Gasteiger partial charge in [-0.15, -0.1) is 0 Å². The number of rotatable bonds is 6. The lowest BCUT2D eigenvalue weighted by molar-refractivity contribution is 0.0145. The first kappa shape index (κ1) is 19.5. The van der Waals surface area contributed by atoms with Crippen LogP contribution < -0.4 is 10.1 Å². The Kier molecular flexibility index (Phi) is 6.67. The van der Waals surface area contributed by atoms with E-state index in [0.717, 1.165) is 11.3 Å². The van der Waals surface area contributed by atoms with Gasteiger partial charge in [-0.2, -0.15) is 0 Å². The third-order valence-electron chi connectivity index (χ3n) is 4.26. The van der Waals surface area contributed by atoms with Crippen LogP contribution in [0.2, 0.25) is 0 Å². The smallest absolute Gasteiger partial charge is 0.410 e. The molecule has 0 saturated carbocycles. The Morgan fingerprint density at radius 3 is 2.76 bits per heavy atom. The van der Waals surface area contributed by atoms with Crippen LogP contribution in [0.5, 0.6) is 5.75 Å². The van der Waals surface area contributed by atoms with E-state index < -0.39 is 11.7 Å². The van der Waals surface area contributed by atoms with E-state index in [2.05, 4.69) is 5.32 Å². The minimum atomic E-state index is -0.530. The van der Waals surface area contributed by atoms with E-state index in [-0.39, 0.29) is 12.1 Å². The summed E-state index contributed by atoms with van der Waals surface area (Å²) in [6.07, 6.45) is 0.422. The number of amides is 1. The molecular formula is C19H30N2O4. The van der Waals surface area contributed by atoms with Crippen molar-refractivity contribution in [1.82, 2.24) is 10.2 Å². The van der Waals surface area contributed by atoms with Gasteiger partial charge >= 0.3 is 6.09 Å². The number of nitrogens with one attached hydrogen (secondary N) is 1. The molecular weight excluding hydrogens is 320 g/mol. The van der Waals surface area contributed by atoms with E-state index in [1.165, 1.54) is 0 Å². The molecule has 0 unspecified atom stereocenters. The van der Waals surface area contributed by atoms with E-state index >= 15 is 0 Å². The zero-order valence-corrected chi connectivity index (χ0v) is 15.6. The van der Waals surface area contributed by atoms with Crippen LogP contribution in [0.25, 0.3) is 0 Å². The lowest BCUT2D eigenvalue weighted by atomic mass is 10.1. The third kappa shape index (κ3) is 5.61. The number of methoxy groups -OCH3 is 1. The van der Waals surface area contributed by atoms with E-state index in [1.54, 1.807) is 12.0 Å². The van der Waals surface area contributed by atoms with Crippen molar-refractivity contribution in [3.05, 3.63) is 29.8 Å². The average Bonchev–Trinajstić information content (AvgIpc) is 2.91. The molecule has 6 nitrogen and oxygen atoms in total. The lowest BCUT2D eigenvalue weighted by Crippen LogP contribution is -2.43. The number of hydrogen-bond donors (Lipinski definition) is 2. The summed E-state index contributed by atoms with van der Waals surface area (Å²) in [5, 5.41) is 13.6. The maximum atomic E-state index is 12.3. The molecule has 1 saturated heterocycles. The fourth-order valence-electron chi connectivity index (χ4n) is 3.05. The van der Waals surface area contributed by atoms with Gasteiger partial charge in [0.1, 0.15) is 11.4 Å². The van der Waals surface area contributed by atoms with Crippen molar-refractivity contribution < 1.29 is 19.4 Å². The number of benzene rings is 1. The molecule has 2 N–H and O–H groups in total. The SMILES string of the molecule is COc1ccccc1CNCC[C@@H]1[C@@H](O)CCN1C(=O)OC(C)(C)C. The topological polar surface area (TPSA) is 71.0 Å². The van der Waals surface area contributed by atoms with Gasteiger partial charge in [-0.05, 0) is 46.2 Å². The Morgan fingerprint density at radius 1 is 1.36 bits per heavy atom. The number of carbonyl (C=O) groups is 1. The number of nitrogens with zero attached hydrogens (tertiary/aromatic N) is 1. The van der Waals surface area contributed by atoms with Crippen LogP contribution in [0.4, 0.5) is 4.79 Å². The second-order valence-electron chi connectivity index (χ2n) is 7.37. The summed E-state index contributed by atoms with van der Waals surface area (Å²) in [6, 6.07) is 7.66. The molecule has 25 heavy (non-hydrogen) atoms. The van der Waals surface area contributed by atoms with Crippen molar-refractivity contribution in [2.75, 3.05) is 20.2 Å². The highest BCUT2D eigenvalue weighted by Crippen LogP contribution is 2.23. The van der Waals surface area contributed by atoms with Gasteiger partial charge in [0.15, 0.2) is 0 Å². The summed E-state index contributed by atoms with van der Waals surface area (Å²) >= 11 is 0. The third-order valence-corrected chi connectivity index (χ3v) is 4.26. The van der Waals surface area contributed by atoms with Crippen LogP contribution in [-0.4, -0.2) is 54.0 Å². The van der Waals surface area contributed by atoms with E-state index in [0.29, 0.717) is 32.5 Å². The molecule has 1 aliphatic heterocycles. The maximum absolute atomic E-state index is 12.3. The normalized spacial score (nSPS) is 20.6. The summed E-state index contributed by atoms with van der Waals surface area (Å²) in [7, 11) is 1.66. The van der Waals surface area contributed by atoms with Crippen molar-refractivity contribution in [2.24, 2.45) is 0 Å². The minimum Gasteiger partial charge on any atom is -0.496 e. The highest BCUT2D eigenvalue weighted by molar-refractivity contribution is 5.69. The molecule has 0 radical (unpaired) electrons. The minimum absolute atomic E-state index is 0.208. The number of likely N-dealkylation sites (tertiary alicyclic amines) is 1. The van der Waals surface area contributed by atoms with Gasteiger partial charge in [0.25, 0.3) is 0 Å². The molecule has 2 rings (SSSR count). The largest absolute Gasteiger partial charge is 0.496 e. The molecule has 0 bridgehead atoms. The molecule has 2 atom stereocenters. The highest BCUT2D eigenvalue weighted by atomic mass is 16.6. The fourth-order valence-corrected chi connectivity index (χ4v) is 3.05. The molecule has 1 aromatic carbocycles. The van der Waals surface area contributed by atoms with Crippen molar-refractivity contribution in [2.45, 2.75) is 57.9 Å². The summed E-state index contributed by atoms with van der Waals surface area (Å²) < 4.78 is 10.8. The summed E-state index contributed by atoms with van der Waals surface area (Å²) in [4.78, 5) is 14.0. The fraction of sp³-hybridized carbons (Fsp3) is 0.632. The Labute approximate surface area is 150 Å². The van der Waals surface area contributed by atoms with E-state index in [9.17, 15) is 9.90 Å². The van der Waals surface area contributed by atoms with Crippen LogP contribution >= 0.6 is 0 Å². The van der Waals surface area contributed by atoms with Crippen LogP contribution in [0.15, 0.2) is 24.3 Å². The van der Waals surface area contributed by atoms with Gasteiger partial charge in [-0.1, -0.05) is 18.2 Å². The van der Waals surface area contributed by atoms with E-state index in [1.807, 2.05) is 45.0 Å². The zero-order valence-electron chi connectivity index (χ0n) is 15.6. The number of para-hydroxylation sites is 1. The maximum Gasteiger partial charge on any atom is 0.410 e. The van der Waals surface area contributed by atoms with Gasteiger partial charge < -0.3 is 24.8 Å². The quantitative estimate of drug-likeness (QED) is 0.772. The number of ether oxygens (including phenoxy) is 2. The predicted molar refractivity (Wildman–Crippen MR) is 96.7 cm³/mol. The van der Waals surface area contributed by atoms with Crippen molar-refractivity contribution in [3.8, 4) is 5.75 Å². The first-order chi connectivity index (χ1) is 11.8. The summed E-state index contributed by atoms with van der Waals surface area (Å²) in [5.41, 5.74) is 0.554. The van der Waals surface area contributed by atoms with Crippen LogP contribution in [0, 0.1) is 0 Å². The molecule has 140 valence electrons. The molecule has 6 heteroatoms. The molecule has 1 aliphatic rings. The molecule has 0 aliphatic carbocycles. The van der Waals surface area contributed by atoms with Crippen molar-refractivity contribution >= 4 is 6.09 Å². The number of hydrogen-bond acceptors (Lipinski definition) is 5. The van der Waals surface area contributed by atoms with Crippen LogP contribution in [0.3, 0.4) is 0 Å². The molecule has 1 aromatic rings. The number of aliphatic hydroxyl groups is 1. The highest BCUT2D eigenvalue weighted by Gasteiger charge is 2.37. The predicted octanol–water partition coefficient (Wildman–Crippen LogP) is 2.55. The van der Waals surface area contributed by atoms with Gasteiger partial charge in [-0.25, -0.2) is 4.79 Å². The van der Waals surface area contributed by atoms with Gasteiger partial charge in [0.2, 0.25) is 0 Å². The van der Waals surface area contributed by atoms with Crippen molar-refractivity contribution in [3.63, 3.8) is 0 Å². The molecule has 1 heterocycles. The van der Waals surface area contributed by atoms with Gasteiger partial charge in [0, 0.05) is 18.7 Å². The van der Waals surface area contributed by atoms with E-state index in [4.69, 9.17) is 9.47 Å². The number of carbonyl (C=O) groups excluding carboxylic acids is 1. The molecule has 1 fully saturated rings. The van der Waals surface area contributed by atoms with Crippen LogP contribution in [0.1, 0.15) is 39.2 Å². The Bertz CT molecular complexity index is 571. The summed E-state index contributed by atoms with van der Waals surface area (Å²) in [6.45, 7) is 7.45. The van der Waals surface area contributed by atoms with Crippen molar-refractivity contribution in [1.29, 1.82) is 0 Å². The second kappa shape index (κ2) is 8.54. The van der Waals surface area contributed by atoms with Crippen LogP contribution in [-0.2, 0) is 11.3 Å². The lowest BCUT2D eigenvalue weighted by Gasteiger charge is -2.29. The second-order valence-corrected chi connectivity index (χ2v) is 7.37. The first-order valence-electron chi connectivity index (χ1n) is 8.82. The monoisotopic (exact) mass is 350 g/mol. The standard InChI is InChI=1S/C19H30N2O4/c1-19(2,3)25-18(23)21-12-10-16(22)15(21)9-11-20-13-14-7-5-6-8-17(14)24-4/h5-8,15-16,20,22H,9-13H2,1-4H3/t15-,16+/m1/s1. The Balaban J connectivity index is 1.84. The molecule has 1 amide bonds. The average molecular weight is 350 g/mol. The first-order valence-corrected chi connectivity index (χ1v) is 8.82.